The van der Waals surface area contributed by atoms with E-state index in [4.69, 9.17) is 0 Å². The van der Waals surface area contributed by atoms with Crippen molar-refractivity contribution in [2.24, 2.45) is 5.10 Å². The van der Waals surface area contributed by atoms with Crippen molar-refractivity contribution >= 4 is 16.2 Å². The van der Waals surface area contributed by atoms with Crippen LogP contribution in [0.15, 0.2) is 40.3 Å². The van der Waals surface area contributed by atoms with Crippen molar-refractivity contribution < 1.29 is 13.5 Å². The van der Waals surface area contributed by atoms with Crippen LogP contribution in [0.25, 0.3) is 0 Å². The van der Waals surface area contributed by atoms with Crippen molar-refractivity contribution in [3.05, 3.63) is 58.1 Å². The number of nitrogens with zero attached hydrogens (tertiary/aromatic N) is 1. The van der Waals surface area contributed by atoms with Gasteiger partial charge in [-0.3, -0.25) is 0 Å². The molecule has 5 nitrogen and oxygen atoms in total. The molecule has 2 aromatic rings. The highest BCUT2D eigenvalue weighted by Gasteiger charge is 2.26. The van der Waals surface area contributed by atoms with E-state index in [9.17, 15) is 13.5 Å². The van der Waals surface area contributed by atoms with E-state index in [1.807, 2.05) is 66.7 Å². The first-order chi connectivity index (χ1) is 13.1. The summed E-state index contributed by atoms with van der Waals surface area (Å²) in [4.78, 5) is 2.52. The molecular weight excluding hydrogens is 384 g/mol. The maximum atomic E-state index is 12.6. The lowest BCUT2D eigenvalue weighted by molar-refractivity contribution is 0.423. The molecule has 2 N–H and O–H groups in total. The van der Waals surface area contributed by atoms with Crippen LogP contribution in [0.5, 0.6) is 5.75 Å². The van der Waals surface area contributed by atoms with Crippen LogP contribution in [-0.2, 0) is 20.9 Å². The summed E-state index contributed by atoms with van der Waals surface area (Å²) in [6.07, 6.45) is 1.48. The molecule has 0 saturated carbocycles. The Hall–Kier alpha value is -2.34. The first kappa shape index (κ1) is 22.9. The van der Waals surface area contributed by atoms with Gasteiger partial charge in [0.05, 0.1) is 11.1 Å². The number of phenols is 1. The Morgan fingerprint density at radius 3 is 1.93 bits per heavy atom. The molecule has 0 aromatic heterocycles. The molecule has 158 valence electrons. The largest absolute Gasteiger partial charge is 0.507 e. The van der Waals surface area contributed by atoms with E-state index >= 15 is 0 Å². The topological polar surface area (TPSA) is 78.8 Å². The number of phenolic OH excluding ortho intramolecular Hbond substituents is 1. The Morgan fingerprint density at radius 2 is 1.45 bits per heavy atom. The summed E-state index contributed by atoms with van der Waals surface area (Å²) in [6, 6.07) is 8.97. The van der Waals surface area contributed by atoms with E-state index in [0.717, 1.165) is 22.3 Å². The van der Waals surface area contributed by atoms with Gasteiger partial charge in [0.1, 0.15) is 5.75 Å². The molecule has 0 aliphatic rings. The fourth-order valence-corrected chi connectivity index (χ4v) is 4.21. The van der Waals surface area contributed by atoms with Gasteiger partial charge in [0, 0.05) is 11.1 Å². The number of aryl methyl sites for hydroxylation is 2. The van der Waals surface area contributed by atoms with Gasteiger partial charge in [0.25, 0.3) is 10.0 Å². The van der Waals surface area contributed by atoms with E-state index in [1.165, 1.54) is 6.21 Å². The average molecular weight is 417 g/mol. The van der Waals surface area contributed by atoms with Gasteiger partial charge in [-0.25, -0.2) is 4.83 Å². The van der Waals surface area contributed by atoms with Crippen LogP contribution in [0.3, 0.4) is 0 Å². The molecule has 0 unspecified atom stereocenters. The van der Waals surface area contributed by atoms with Crippen LogP contribution in [-0.4, -0.2) is 19.7 Å². The van der Waals surface area contributed by atoms with E-state index < -0.39 is 10.0 Å². The number of hydrogen-bond donors (Lipinski definition) is 2. The normalized spacial score (nSPS) is 13.1. The van der Waals surface area contributed by atoms with Gasteiger partial charge < -0.3 is 5.11 Å². The number of sulfonamides is 1. The van der Waals surface area contributed by atoms with Crippen molar-refractivity contribution in [3.8, 4) is 5.75 Å². The van der Waals surface area contributed by atoms with Crippen LogP contribution in [0, 0.1) is 13.8 Å². The molecule has 0 radical (unpaired) electrons. The Bertz CT molecular complexity index is 1010. The Balaban J connectivity index is 2.43. The highest BCUT2D eigenvalue weighted by Crippen LogP contribution is 2.39. The number of aromatic hydroxyl groups is 1. The standard InChI is InChI=1S/C23H32N2O3S/c1-15-9-10-16(2)20(11-15)29(27,28)25-24-14-17-12-18(22(3,4)5)21(26)19(13-17)23(6,7)8/h9-14,25-26H,1-8H3/b24-14+. The highest BCUT2D eigenvalue weighted by molar-refractivity contribution is 7.89. The lowest BCUT2D eigenvalue weighted by Crippen LogP contribution is -2.20. The third kappa shape index (κ3) is 5.38. The van der Waals surface area contributed by atoms with E-state index in [-0.39, 0.29) is 21.5 Å². The molecule has 0 atom stereocenters. The predicted molar refractivity (Wildman–Crippen MR) is 119 cm³/mol. The average Bonchev–Trinajstić information content (AvgIpc) is 2.56. The number of benzene rings is 2. The summed E-state index contributed by atoms with van der Waals surface area (Å²) in [5.41, 5.74) is 3.29. The van der Waals surface area contributed by atoms with Gasteiger partial charge in [-0.15, -0.1) is 0 Å². The van der Waals surface area contributed by atoms with E-state index in [2.05, 4.69) is 9.93 Å². The Morgan fingerprint density at radius 1 is 0.931 bits per heavy atom. The van der Waals surface area contributed by atoms with Gasteiger partial charge >= 0.3 is 0 Å². The van der Waals surface area contributed by atoms with Gasteiger partial charge in [0.2, 0.25) is 0 Å². The molecular formula is C23H32N2O3S. The zero-order chi connectivity index (χ0) is 22.2. The summed E-state index contributed by atoms with van der Waals surface area (Å²) in [6.45, 7) is 15.8. The van der Waals surface area contributed by atoms with Crippen molar-refractivity contribution in [2.45, 2.75) is 71.1 Å². The number of hydrogen-bond acceptors (Lipinski definition) is 4. The van der Waals surface area contributed by atoms with Crippen molar-refractivity contribution in [1.29, 1.82) is 0 Å². The molecule has 0 bridgehead atoms. The van der Waals surface area contributed by atoms with Crippen LogP contribution >= 0.6 is 0 Å². The molecule has 0 fully saturated rings. The quantitative estimate of drug-likeness (QED) is 0.549. The van der Waals surface area contributed by atoms with Crippen molar-refractivity contribution in [1.82, 2.24) is 4.83 Å². The number of hydrazone groups is 1. The minimum atomic E-state index is -3.77. The maximum absolute atomic E-state index is 12.6. The van der Waals surface area contributed by atoms with E-state index in [0.29, 0.717) is 5.56 Å². The molecule has 0 aliphatic carbocycles. The van der Waals surface area contributed by atoms with Crippen molar-refractivity contribution in [3.63, 3.8) is 0 Å². The molecule has 0 spiro atoms. The lowest BCUT2D eigenvalue weighted by Gasteiger charge is -2.27. The fourth-order valence-electron chi connectivity index (χ4n) is 3.09. The van der Waals surface area contributed by atoms with Crippen molar-refractivity contribution in [2.75, 3.05) is 0 Å². The molecule has 2 rings (SSSR count). The van der Waals surface area contributed by atoms with Crippen LogP contribution in [0.2, 0.25) is 0 Å². The molecule has 29 heavy (non-hydrogen) atoms. The zero-order valence-corrected chi connectivity index (χ0v) is 19.4. The minimum Gasteiger partial charge on any atom is -0.507 e. The smallest absolute Gasteiger partial charge is 0.276 e. The second kappa shape index (κ2) is 7.82. The van der Waals surface area contributed by atoms with Crippen LogP contribution < -0.4 is 4.83 Å². The maximum Gasteiger partial charge on any atom is 0.276 e. The monoisotopic (exact) mass is 416 g/mol. The van der Waals surface area contributed by atoms with E-state index in [1.54, 1.807) is 19.1 Å². The Kier molecular flexibility index (Phi) is 6.19. The summed E-state index contributed by atoms with van der Waals surface area (Å²) in [5, 5.41) is 14.8. The van der Waals surface area contributed by atoms with Gasteiger partial charge in [0.15, 0.2) is 0 Å². The lowest BCUT2D eigenvalue weighted by atomic mass is 9.78. The van der Waals surface area contributed by atoms with Crippen LogP contribution in [0.1, 0.15) is 69.4 Å². The third-order valence-corrected chi connectivity index (χ3v) is 6.13. The van der Waals surface area contributed by atoms with Gasteiger partial charge in [-0.2, -0.15) is 13.5 Å². The zero-order valence-electron chi connectivity index (χ0n) is 18.6. The highest BCUT2D eigenvalue weighted by atomic mass is 32.2. The molecule has 0 amide bonds. The molecule has 0 heterocycles. The second-order valence-electron chi connectivity index (χ2n) is 9.59. The summed E-state index contributed by atoms with van der Waals surface area (Å²) < 4.78 is 25.3. The first-order valence-electron chi connectivity index (χ1n) is 9.63. The molecule has 6 heteroatoms. The van der Waals surface area contributed by atoms with Gasteiger partial charge in [-0.05, 0) is 59.6 Å². The second-order valence-corrected chi connectivity index (χ2v) is 11.2. The SMILES string of the molecule is Cc1ccc(C)c(S(=O)(=O)N/N=C/c2cc(C(C)(C)C)c(O)c(C(C)(C)C)c2)c1. The molecule has 0 aliphatic heterocycles. The summed E-state index contributed by atoms with van der Waals surface area (Å²) in [5.74, 6) is 0.276. The number of nitrogens with one attached hydrogen (secondary N) is 1. The first-order valence-corrected chi connectivity index (χ1v) is 11.1. The fraction of sp³-hybridized carbons (Fsp3) is 0.435. The Labute approximate surface area is 174 Å². The molecule has 0 saturated heterocycles. The number of rotatable bonds is 4. The molecule has 2 aromatic carbocycles. The third-order valence-electron chi connectivity index (χ3n) is 4.77. The minimum absolute atomic E-state index is 0.214. The van der Waals surface area contributed by atoms with Gasteiger partial charge in [-0.1, -0.05) is 53.7 Å². The predicted octanol–water partition coefficient (Wildman–Crippen LogP) is 4.92. The summed E-state index contributed by atoms with van der Waals surface area (Å²) in [7, 11) is -3.77. The summed E-state index contributed by atoms with van der Waals surface area (Å²) >= 11 is 0. The van der Waals surface area contributed by atoms with Crippen LogP contribution in [0.4, 0.5) is 0 Å².